The summed E-state index contributed by atoms with van der Waals surface area (Å²) in [6, 6.07) is 6.18. The van der Waals surface area contributed by atoms with Crippen molar-refractivity contribution in [3.05, 3.63) is 40.3 Å². The van der Waals surface area contributed by atoms with E-state index < -0.39 is 34.4 Å². The van der Waals surface area contributed by atoms with Crippen LogP contribution < -0.4 is 10.9 Å². The fourth-order valence-corrected chi connectivity index (χ4v) is 5.28. The van der Waals surface area contributed by atoms with Crippen molar-refractivity contribution in [3.63, 3.8) is 0 Å². The van der Waals surface area contributed by atoms with Gasteiger partial charge in [-0.1, -0.05) is 44.4 Å². The number of unbranched alkanes of at least 4 members (excludes halogenated alkanes) is 3. The van der Waals surface area contributed by atoms with Crippen molar-refractivity contribution in [1.29, 1.82) is 0 Å². The van der Waals surface area contributed by atoms with Gasteiger partial charge in [-0.3, -0.25) is 9.59 Å². The molecule has 1 atom stereocenters. The number of rotatable bonds is 9. The van der Waals surface area contributed by atoms with Gasteiger partial charge in [-0.05, 0) is 18.9 Å². The Morgan fingerprint density at radius 1 is 1.19 bits per heavy atom. The first-order chi connectivity index (χ1) is 14.8. The molecule has 1 aliphatic rings. The Morgan fingerprint density at radius 2 is 1.94 bits per heavy atom. The molecule has 10 heteroatoms. The second-order valence-corrected chi connectivity index (χ2v) is 9.96. The highest BCUT2D eigenvalue weighted by atomic mass is 32.2. The fourth-order valence-electron chi connectivity index (χ4n) is 3.60. The molecule has 2 heterocycles. The lowest BCUT2D eigenvalue weighted by Crippen LogP contribution is -2.38. The average Bonchev–Trinajstić information content (AvgIpc) is 3.09. The molecule has 0 saturated carbocycles. The Morgan fingerprint density at radius 3 is 2.61 bits per heavy atom. The molecule has 1 amide bonds. The molecule has 1 fully saturated rings. The molecule has 1 saturated heterocycles. The molecular formula is C21H27N3O6S. The first kappa shape index (κ1) is 22.9. The molecule has 1 N–H and O–H groups in total. The van der Waals surface area contributed by atoms with E-state index in [0.717, 1.165) is 25.7 Å². The molecule has 31 heavy (non-hydrogen) atoms. The number of nitrogens with one attached hydrogen (secondary N) is 1. The fraction of sp³-hybridized carbons (Fsp3) is 0.524. The minimum absolute atomic E-state index is 0.0260. The van der Waals surface area contributed by atoms with Crippen molar-refractivity contribution in [2.45, 2.75) is 51.6 Å². The van der Waals surface area contributed by atoms with Crippen LogP contribution in [-0.2, 0) is 25.9 Å². The molecule has 168 valence electrons. The molecule has 0 bridgehead atoms. The van der Waals surface area contributed by atoms with Gasteiger partial charge in [0.15, 0.2) is 22.1 Å². The molecule has 3 rings (SSSR count). The molecule has 0 radical (unpaired) electrons. The maximum Gasteiger partial charge on any atom is 0.359 e. The molecule has 0 unspecified atom stereocenters. The maximum atomic E-state index is 12.7. The summed E-state index contributed by atoms with van der Waals surface area (Å²) in [7, 11) is -3.12. The van der Waals surface area contributed by atoms with Crippen LogP contribution in [0.15, 0.2) is 29.1 Å². The predicted molar refractivity (Wildman–Crippen MR) is 116 cm³/mol. The number of nitrogens with zero attached hydrogens (tertiary/aromatic N) is 2. The number of benzene rings is 1. The Labute approximate surface area is 180 Å². The summed E-state index contributed by atoms with van der Waals surface area (Å²) in [5, 5.41) is 7.51. The smallest absolute Gasteiger partial charge is 0.359 e. The van der Waals surface area contributed by atoms with Gasteiger partial charge in [-0.2, -0.15) is 5.10 Å². The van der Waals surface area contributed by atoms with Crippen molar-refractivity contribution in [1.82, 2.24) is 15.1 Å². The Hall–Kier alpha value is -2.75. The zero-order valence-corrected chi connectivity index (χ0v) is 18.3. The quantitative estimate of drug-likeness (QED) is 0.454. The lowest BCUT2D eigenvalue weighted by atomic mass is 10.1. The minimum Gasteiger partial charge on any atom is -0.451 e. The summed E-state index contributed by atoms with van der Waals surface area (Å²) >= 11 is 0. The van der Waals surface area contributed by atoms with Gasteiger partial charge >= 0.3 is 5.97 Å². The lowest BCUT2D eigenvalue weighted by molar-refractivity contribution is -0.124. The second-order valence-electron chi connectivity index (χ2n) is 7.73. The Balaban J connectivity index is 1.71. The van der Waals surface area contributed by atoms with E-state index in [-0.39, 0.29) is 22.8 Å². The SMILES string of the molecule is CCCCCCn1nc(C(=O)OCC(=O)N[C@@H]2CCS(=O)(=O)C2)c2ccccc2c1=O. The highest BCUT2D eigenvalue weighted by molar-refractivity contribution is 7.91. The van der Waals surface area contributed by atoms with E-state index >= 15 is 0 Å². The van der Waals surface area contributed by atoms with Crippen LogP contribution in [0, 0.1) is 0 Å². The molecule has 1 aromatic carbocycles. The first-order valence-electron chi connectivity index (χ1n) is 10.5. The molecule has 9 nitrogen and oxygen atoms in total. The Kier molecular flexibility index (Phi) is 7.42. The lowest BCUT2D eigenvalue weighted by Gasteiger charge is -2.12. The van der Waals surface area contributed by atoms with Crippen molar-refractivity contribution in [2.75, 3.05) is 18.1 Å². The maximum absolute atomic E-state index is 12.7. The summed E-state index contributed by atoms with van der Waals surface area (Å²) in [6.07, 6.45) is 4.17. The van der Waals surface area contributed by atoms with Gasteiger partial charge in [-0.25, -0.2) is 17.9 Å². The number of carbonyl (C=O) groups excluding carboxylic acids is 2. The van der Waals surface area contributed by atoms with Crippen LogP contribution in [0.1, 0.15) is 49.5 Å². The number of aryl methyl sites for hydroxylation is 1. The van der Waals surface area contributed by atoms with Gasteiger partial charge in [0.05, 0.1) is 16.9 Å². The van der Waals surface area contributed by atoms with Crippen LogP contribution in [0.4, 0.5) is 0 Å². The number of aromatic nitrogens is 2. The highest BCUT2D eigenvalue weighted by Crippen LogP contribution is 2.15. The van der Waals surface area contributed by atoms with Crippen molar-refractivity contribution in [2.24, 2.45) is 0 Å². The van der Waals surface area contributed by atoms with Crippen LogP contribution in [-0.4, -0.2) is 54.2 Å². The summed E-state index contributed by atoms with van der Waals surface area (Å²) in [5.74, 6) is -1.46. The minimum atomic E-state index is -3.12. The molecule has 2 aromatic rings. The number of sulfone groups is 1. The zero-order chi connectivity index (χ0) is 22.4. The normalized spacial score (nSPS) is 17.5. The second kappa shape index (κ2) is 10.0. The third-order valence-corrected chi connectivity index (χ3v) is 6.98. The highest BCUT2D eigenvalue weighted by Gasteiger charge is 2.29. The number of fused-ring (bicyclic) bond motifs is 1. The van der Waals surface area contributed by atoms with Gasteiger partial charge < -0.3 is 10.1 Å². The van der Waals surface area contributed by atoms with Crippen LogP contribution in [0.5, 0.6) is 0 Å². The Bertz CT molecular complexity index is 1130. The van der Waals surface area contributed by atoms with E-state index in [4.69, 9.17) is 4.74 Å². The molecule has 0 spiro atoms. The number of carbonyl (C=O) groups is 2. The molecule has 0 aliphatic carbocycles. The number of hydrogen-bond acceptors (Lipinski definition) is 7. The zero-order valence-electron chi connectivity index (χ0n) is 17.5. The topological polar surface area (TPSA) is 124 Å². The van der Waals surface area contributed by atoms with E-state index in [1.54, 1.807) is 24.3 Å². The number of amides is 1. The van der Waals surface area contributed by atoms with E-state index in [9.17, 15) is 22.8 Å². The largest absolute Gasteiger partial charge is 0.451 e. The standard InChI is InChI=1S/C21H27N3O6S/c1-2-3-4-7-11-24-20(26)17-9-6-5-8-16(17)19(23-24)21(27)30-13-18(25)22-15-10-12-31(28,29)14-15/h5-6,8-9,15H,2-4,7,10-14H2,1H3,(H,22,25)/t15-/m1/s1. The van der Waals surface area contributed by atoms with E-state index in [1.807, 2.05) is 0 Å². The third kappa shape index (κ3) is 5.90. The number of esters is 1. The van der Waals surface area contributed by atoms with Crippen LogP contribution >= 0.6 is 0 Å². The van der Waals surface area contributed by atoms with Gasteiger partial charge in [0.25, 0.3) is 11.5 Å². The van der Waals surface area contributed by atoms with E-state index in [0.29, 0.717) is 23.7 Å². The summed E-state index contributed by atoms with van der Waals surface area (Å²) in [4.78, 5) is 37.5. The molecule has 1 aromatic heterocycles. The van der Waals surface area contributed by atoms with E-state index in [2.05, 4.69) is 17.3 Å². The molecule has 1 aliphatic heterocycles. The van der Waals surface area contributed by atoms with Crippen LogP contribution in [0.2, 0.25) is 0 Å². The number of hydrogen-bond donors (Lipinski definition) is 1. The predicted octanol–water partition coefficient (Wildman–Crippen LogP) is 1.44. The van der Waals surface area contributed by atoms with Gasteiger partial charge in [0.2, 0.25) is 0 Å². The molecular weight excluding hydrogens is 422 g/mol. The summed E-state index contributed by atoms with van der Waals surface area (Å²) in [5.41, 5.74) is -0.300. The summed E-state index contributed by atoms with van der Waals surface area (Å²) < 4.78 is 29.4. The average molecular weight is 450 g/mol. The van der Waals surface area contributed by atoms with Crippen LogP contribution in [0.3, 0.4) is 0 Å². The van der Waals surface area contributed by atoms with Crippen molar-refractivity contribution < 1.29 is 22.7 Å². The van der Waals surface area contributed by atoms with Crippen molar-refractivity contribution in [3.8, 4) is 0 Å². The number of ether oxygens (including phenoxy) is 1. The van der Waals surface area contributed by atoms with Gasteiger partial charge in [0.1, 0.15) is 0 Å². The first-order valence-corrected chi connectivity index (χ1v) is 12.3. The van der Waals surface area contributed by atoms with Crippen molar-refractivity contribution >= 4 is 32.5 Å². The van der Waals surface area contributed by atoms with Gasteiger partial charge in [-0.15, -0.1) is 0 Å². The summed E-state index contributed by atoms with van der Waals surface area (Å²) in [6.45, 7) is 1.93. The van der Waals surface area contributed by atoms with Crippen LogP contribution in [0.25, 0.3) is 10.8 Å². The third-order valence-electron chi connectivity index (χ3n) is 5.22. The van der Waals surface area contributed by atoms with E-state index in [1.165, 1.54) is 4.68 Å². The monoisotopic (exact) mass is 449 g/mol. The van der Waals surface area contributed by atoms with Gasteiger partial charge in [0, 0.05) is 18.0 Å².